The quantitative estimate of drug-likeness (QED) is 0.522. The van der Waals surface area contributed by atoms with Crippen LogP contribution in [0.2, 0.25) is 5.02 Å². The van der Waals surface area contributed by atoms with Crippen LogP contribution in [0.1, 0.15) is 48.3 Å². The molecule has 1 fully saturated rings. The van der Waals surface area contributed by atoms with Crippen molar-refractivity contribution < 1.29 is 14.0 Å². The Morgan fingerprint density at radius 1 is 1.15 bits per heavy atom. The minimum atomic E-state index is -0.736. The normalized spacial score (nSPS) is 15.1. The van der Waals surface area contributed by atoms with E-state index in [-0.39, 0.29) is 17.7 Å². The van der Waals surface area contributed by atoms with Crippen LogP contribution in [0.15, 0.2) is 42.7 Å². The number of carbonyl (C=O) groups is 2. The Labute approximate surface area is 202 Å². The molecule has 2 amide bonds. The fraction of sp³-hybridized carbons (Fsp3) is 0.360. The number of aryl methyl sites for hydroxylation is 2. The first kappa shape index (κ1) is 23.9. The second-order valence-electron chi connectivity index (χ2n) is 8.63. The highest BCUT2D eigenvalue weighted by molar-refractivity contribution is 6.33. The Morgan fingerprint density at radius 3 is 2.56 bits per heavy atom. The number of nitrogens with one attached hydrogen (secondary N) is 2. The van der Waals surface area contributed by atoms with Gasteiger partial charge in [-0.1, -0.05) is 30.9 Å². The third-order valence-electron chi connectivity index (χ3n) is 6.34. The molecule has 3 aromatic rings. The van der Waals surface area contributed by atoms with E-state index in [9.17, 15) is 9.59 Å². The van der Waals surface area contributed by atoms with Crippen LogP contribution in [0.5, 0.6) is 0 Å². The Kier molecular flexibility index (Phi) is 7.26. The maximum absolute atomic E-state index is 15.0. The van der Waals surface area contributed by atoms with Crippen molar-refractivity contribution >= 4 is 29.1 Å². The predicted octanol–water partition coefficient (Wildman–Crippen LogP) is 4.90. The number of pyridine rings is 1. The predicted molar refractivity (Wildman–Crippen MR) is 129 cm³/mol. The van der Waals surface area contributed by atoms with Gasteiger partial charge in [0.05, 0.1) is 5.02 Å². The highest BCUT2D eigenvalue weighted by Gasteiger charge is 2.32. The van der Waals surface area contributed by atoms with Gasteiger partial charge in [0.2, 0.25) is 5.91 Å². The van der Waals surface area contributed by atoms with Crippen LogP contribution in [0.25, 0.3) is 11.1 Å². The van der Waals surface area contributed by atoms with Crippen molar-refractivity contribution in [3.63, 3.8) is 0 Å². The standard InChI is InChI=1S/C25H27ClFN5O2/c1-15-22(19(26)10-12-28-15)18-9-8-17(14-20(18)27)30-25(34)23(16-6-4-3-5-7-16)31-24(33)21-11-13-29-32(21)2/h8-14,16,23H,3-7H2,1-2H3,(H,30,34)(H,31,33). The third kappa shape index (κ3) is 5.12. The molecule has 1 saturated carbocycles. The monoisotopic (exact) mass is 483 g/mol. The molecule has 0 bridgehead atoms. The van der Waals surface area contributed by atoms with E-state index in [1.807, 2.05) is 0 Å². The molecule has 2 N–H and O–H groups in total. The van der Waals surface area contributed by atoms with Gasteiger partial charge in [-0.3, -0.25) is 19.3 Å². The smallest absolute Gasteiger partial charge is 0.270 e. The average Bonchev–Trinajstić information content (AvgIpc) is 3.25. The molecule has 34 heavy (non-hydrogen) atoms. The number of carbonyl (C=O) groups excluding carboxylic acids is 2. The van der Waals surface area contributed by atoms with Gasteiger partial charge in [0, 0.05) is 41.9 Å². The summed E-state index contributed by atoms with van der Waals surface area (Å²) in [4.78, 5) is 30.3. The number of rotatable bonds is 6. The van der Waals surface area contributed by atoms with E-state index in [1.165, 1.54) is 16.9 Å². The van der Waals surface area contributed by atoms with E-state index in [0.29, 0.717) is 33.2 Å². The number of amides is 2. The summed E-state index contributed by atoms with van der Waals surface area (Å²) in [6, 6.07) is 6.94. The highest BCUT2D eigenvalue weighted by Crippen LogP contribution is 2.33. The average molecular weight is 484 g/mol. The van der Waals surface area contributed by atoms with Gasteiger partial charge >= 0.3 is 0 Å². The minimum Gasteiger partial charge on any atom is -0.339 e. The van der Waals surface area contributed by atoms with Gasteiger partial charge in [-0.25, -0.2) is 4.39 Å². The van der Waals surface area contributed by atoms with E-state index in [2.05, 4.69) is 20.7 Å². The first-order valence-corrected chi connectivity index (χ1v) is 11.7. The molecule has 1 unspecified atom stereocenters. The largest absolute Gasteiger partial charge is 0.339 e. The fourth-order valence-corrected chi connectivity index (χ4v) is 4.85. The van der Waals surface area contributed by atoms with Crippen LogP contribution in [0, 0.1) is 18.7 Å². The summed E-state index contributed by atoms with van der Waals surface area (Å²) < 4.78 is 16.5. The lowest BCUT2D eigenvalue weighted by Crippen LogP contribution is -2.49. The Bertz CT molecular complexity index is 1190. The lowest BCUT2D eigenvalue weighted by molar-refractivity contribution is -0.119. The zero-order chi connectivity index (χ0) is 24.2. The van der Waals surface area contributed by atoms with Crippen LogP contribution in [-0.2, 0) is 11.8 Å². The molecule has 0 saturated heterocycles. The lowest BCUT2D eigenvalue weighted by atomic mass is 9.83. The molecule has 7 nitrogen and oxygen atoms in total. The fourth-order valence-electron chi connectivity index (χ4n) is 4.55. The number of aromatic nitrogens is 3. The molecule has 0 radical (unpaired) electrons. The third-order valence-corrected chi connectivity index (χ3v) is 6.65. The second-order valence-corrected chi connectivity index (χ2v) is 9.03. The molecule has 1 aliphatic carbocycles. The molecule has 1 atom stereocenters. The van der Waals surface area contributed by atoms with Gasteiger partial charge in [0.25, 0.3) is 5.91 Å². The molecule has 4 rings (SSSR count). The summed E-state index contributed by atoms with van der Waals surface area (Å²) in [5, 5.41) is 10.1. The van der Waals surface area contributed by atoms with E-state index in [1.54, 1.807) is 44.4 Å². The molecule has 0 spiro atoms. The molecular formula is C25H27ClFN5O2. The van der Waals surface area contributed by atoms with Crippen molar-refractivity contribution in [1.82, 2.24) is 20.1 Å². The zero-order valence-electron chi connectivity index (χ0n) is 19.1. The number of halogens is 2. The molecule has 2 heterocycles. The van der Waals surface area contributed by atoms with Crippen molar-refractivity contribution in [2.45, 2.75) is 45.1 Å². The van der Waals surface area contributed by atoms with Crippen LogP contribution < -0.4 is 10.6 Å². The van der Waals surface area contributed by atoms with Gasteiger partial charge < -0.3 is 10.6 Å². The van der Waals surface area contributed by atoms with Gasteiger partial charge in [-0.2, -0.15) is 5.10 Å². The molecular weight excluding hydrogens is 457 g/mol. The first-order valence-electron chi connectivity index (χ1n) is 11.4. The SMILES string of the molecule is Cc1nccc(Cl)c1-c1ccc(NC(=O)C(NC(=O)c2ccnn2C)C2CCCCC2)cc1F. The Balaban J connectivity index is 1.55. The molecule has 9 heteroatoms. The van der Waals surface area contributed by atoms with Gasteiger partial charge in [0.15, 0.2) is 0 Å². The summed E-state index contributed by atoms with van der Waals surface area (Å²) in [6.45, 7) is 1.76. The van der Waals surface area contributed by atoms with Gasteiger partial charge in [-0.05, 0) is 56.0 Å². The van der Waals surface area contributed by atoms with Crippen molar-refractivity contribution in [3.8, 4) is 11.1 Å². The number of anilines is 1. The Hall–Kier alpha value is -3.26. The maximum Gasteiger partial charge on any atom is 0.270 e. The molecule has 2 aromatic heterocycles. The van der Waals surface area contributed by atoms with E-state index in [0.717, 1.165) is 32.1 Å². The molecule has 1 aliphatic rings. The van der Waals surface area contributed by atoms with E-state index >= 15 is 4.39 Å². The minimum absolute atomic E-state index is 0.00639. The maximum atomic E-state index is 15.0. The summed E-state index contributed by atoms with van der Waals surface area (Å²) in [5.74, 6) is -1.25. The van der Waals surface area contributed by atoms with Gasteiger partial charge in [-0.15, -0.1) is 0 Å². The molecule has 0 aliphatic heterocycles. The van der Waals surface area contributed by atoms with E-state index < -0.39 is 11.9 Å². The van der Waals surface area contributed by atoms with Crippen molar-refractivity contribution in [2.24, 2.45) is 13.0 Å². The highest BCUT2D eigenvalue weighted by atomic mass is 35.5. The summed E-state index contributed by atoms with van der Waals surface area (Å²) in [7, 11) is 1.67. The number of nitrogens with zero attached hydrogens (tertiary/aromatic N) is 3. The first-order chi connectivity index (χ1) is 16.3. The van der Waals surface area contributed by atoms with Gasteiger partial charge in [0.1, 0.15) is 17.6 Å². The van der Waals surface area contributed by atoms with Crippen molar-refractivity contribution in [2.75, 3.05) is 5.32 Å². The number of hydrogen-bond acceptors (Lipinski definition) is 4. The van der Waals surface area contributed by atoms with Crippen molar-refractivity contribution in [1.29, 1.82) is 0 Å². The van der Waals surface area contributed by atoms with Crippen LogP contribution in [0.4, 0.5) is 10.1 Å². The lowest BCUT2D eigenvalue weighted by Gasteiger charge is -2.30. The summed E-state index contributed by atoms with van der Waals surface area (Å²) in [5.41, 5.74) is 2.11. The number of benzene rings is 1. The Morgan fingerprint density at radius 2 is 1.91 bits per heavy atom. The van der Waals surface area contributed by atoms with E-state index in [4.69, 9.17) is 11.6 Å². The molecule has 1 aromatic carbocycles. The second kappa shape index (κ2) is 10.3. The van der Waals surface area contributed by atoms with Crippen LogP contribution in [0.3, 0.4) is 0 Å². The van der Waals surface area contributed by atoms with Crippen molar-refractivity contribution in [3.05, 3.63) is 65.0 Å². The summed E-state index contributed by atoms with van der Waals surface area (Å²) in [6.07, 6.45) is 7.91. The zero-order valence-corrected chi connectivity index (χ0v) is 19.9. The molecule has 178 valence electrons. The summed E-state index contributed by atoms with van der Waals surface area (Å²) >= 11 is 6.27. The topological polar surface area (TPSA) is 88.9 Å². The number of hydrogen-bond donors (Lipinski definition) is 2. The van der Waals surface area contributed by atoms with Crippen LogP contribution in [-0.4, -0.2) is 32.6 Å². The van der Waals surface area contributed by atoms with Crippen LogP contribution >= 0.6 is 11.6 Å².